The zero-order chi connectivity index (χ0) is 12.9. The van der Waals surface area contributed by atoms with Gasteiger partial charge >= 0.3 is 6.18 Å². The molecule has 0 spiro atoms. The molecule has 0 aliphatic heterocycles. The van der Waals surface area contributed by atoms with Crippen molar-refractivity contribution >= 4 is 0 Å². The first-order chi connectivity index (χ1) is 7.99. The van der Waals surface area contributed by atoms with Gasteiger partial charge in [-0.3, -0.25) is 0 Å². The molecule has 1 atom stereocenters. The molecule has 1 rings (SSSR count). The Balaban J connectivity index is 3.06. The summed E-state index contributed by atoms with van der Waals surface area (Å²) in [7, 11) is 1.18. The quantitative estimate of drug-likeness (QED) is 0.881. The predicted octanol–water partition coefficient (Wildman–Crippen LogP) is 2.96. The maximum absolute atomic E-state index is 12.5. The summed E-state index contributed by atoms with van der Waals surface area (Å²) in [6.07, 6.45) is -3.59. The topological polar surface area (TPSA) is 35.8 Å². The fourth-order valence-electron chi connectivity index (χ4n) is 1.35. The van der Waals surface area contributed by atoms with Crippen molar-refractivity contribution in [3.63, 3.8) is 0 Å². The zero-order valence-corrected chi connectivity index (χ0v) is 9.12. The number of rotatable bonds is 3. The van der Waals surface area contributed by atoms with E-state index in [4.69, 9.17) is 5.26 Å². The molecule has 1 unspecified atom stereocenters. The third kappa shape index (κ3) is 3.52. The molecular formula is C12H11F3N2. The van der Waals surface area contributed by atoms with Gasteiger partial charge in [0.05, 0.1) is 12.0 Å². The van der Waals surface area contributed by atoms with Crippen LogP contribution in [0.15, 0.2) is 42.1 Å². The number of benzene rings is 1. The summed E-state index contributed by atoms with van der Waals surface area (Å²) in [5.74, 6) is -0.916. The number of nitriles is 1. The van der Waals surface area contributed by atoms with Gasteiger partial charge in [0, 0.05) is 7.05 Å². The lowest BCUT2D eigenvalue weighted by molar-refractivity contribution is -0.0963. The van der Waals surface area contributed by atoms with Crippen LogP contribution in [0.1, 0.15) is 11.5 Å². The Bertz CT molecular complexity index is 429. The molecule has 1 aromatic carbocycles. The summed E-state index contributed by atoms with van der Waals surface area (Å²) in [6, 6.07) is 10.2. The van der Waals surface area contributed by atoms with Crippen molar-refractivity contribution in [1.29, 1.82) is 5.26 Å². The SMILES string of the molecule is CN/C(=C/C(C#N)c1ccccc1)C(F)(F)F. The highest BCUT2D eigenvalue weighted by atomic mass is 19.4. The van der Waals surface area contributed by atoms with E-state index in [-0.39, 0.29) is 0 Å². The summed E-state index contributed by atoms with van der Waals surface area (Å²) < 4.78 is 37.5. The molecular weight excluding hydrogens is 229 g/mol. The lowest BCUT2D eigenvalue weighted by Gasteiger charge is -2.13. The summed E-state index contributed by atoms with van der Waals surface area (Å²) in [5, 5.41) is 11.0. The minimum Gasteiger partial charge on any atom is -0.384 e. The minimum atomic E-state index is -4.47. The van der Waals surface area contributed by atoms with Crippen LogP contribution in [0, 0.1) is 11.3 Å². The van der Waals surface area contributed by atoms with E-state index in [0.29, 0.717) is 5.56 Å². The Morgan fingerprint density at radius 3 is 2.35 bits per heavy atom. The molecule has 0 aromatic heterocycles. The Kier molecular flexibility index (Phi) is 4.16. The van der Waals surface area contributed by atoms with E-state index in [2.05, 4.69) is 5.32 Å². The second kappa shape index (κ2) is 5.39. The van der Waals surface area contributed by atoms with E-state index in [0.717, 1.165) is 6.08 Å². The molecule has 1 N–H and O–H groups in total. The standard InChI is InChI=1S/C12H11F3N2/c1-17-11(12(13,14)15)7-10(8-16)9-5-3-2-4-6-9/h2-7,10,17H,1H3/b11-7+. The number of halogens is 3. The van der Waals surface area contributed by atoms with E-state index < -0.39 is 17.8 Å². The number of nitrogens with one attached hydrogen (secondary N) is 1. The van der Waals surface area contributed by atoms with Crippen LogP contribution >= 0.6 is 0 Å². The van der Waals surface area contributed by atoms with Crippen molar-refractivity contribution in [3.05, 3.63) is 47.7 Å². The molecule has 5 heteroatoms. The lowest BCUT2D eigenvalue weighted by atomic mass is 9.99. The molecule has 1 aromatic rings. The monoisotopic (exact) mass is 240 g/mol. The summed E-state index contributed by atoms with van der Waals surface area (Å²) in [5.41, 5.74) is -0.375. The van der Waals surface area contributed by atoms with Crippen LogP contribution in [-0.4, -0.2) is 13.2 Å². The Hall–Kier alpha value is -1.96. The average Bonchev–Trinajstić information content (AvgIpc) is 2.30. The highest BCUT2D eigenvalue weighted by Crippen LogP contribution is 2.27. The fraction of sp³-hybridized carbons (Fsp3) is 0.250. The molecule has 0 heterocycles. The first-order valence-electron chi connectivity index (χ1n) is 4.90. The van der Waals surface area contributed by atoms with Crippen molar-refractivity contribution in [3.8, 4) is 6.07 Å². The fourth-order valence-corrected chi connectivity index (χ4v) is 1.35. The number of nitrogens with zero attached hydrogens (tertiary/aromatic N) is 1. The van der Waals surface area contributed by atoms with Crippen LogP contribution < -0.4 is 5.32 Å². The number of hydrogen-bond donors (Lipinski definition) is 1. The molecule has 0 saturated heterocycles. The van der Waals surface area contributed by atoms with Crippen molar-refractivity contribution in [2.75, 3.05) is 7.05 Å². The van der Waals surface area contributed by atoms with Gasteiger partial charge in [0.1, 0.15) is 5.70 Å². The molecule has 0 amide bonds. The number of hydrogen-bond acceptors (Lipinski definition) is 2. The van der Waals surface area contributed by atoms with Crippen molar-refractivity contribution in [1.82, 2.24) is 5.32 Å². The second-order valence-electron chi connectivity index (χ2n) is 3.35. The molecule has 0 aliphatic rings. The summed E-state index contributed by atoms with van der Waals surface area (Å²) >= 11 is 0. The maximum Gasteiger partial charge on any atom is 0.430 e. The van der Waals surface area contributed by atoms with Gasteiger partial charge in [0.15, 0.2) is 0 Å². The van der Waals surface area contributed by atoms with Gasteiger partial charge in [-0.15, -0.1) is 0 Å². The van der Waals surface area contributed by atoms with Gasteiger partial charge in [-0.25, -0.2) is 0 Å². The van der Waals surface area contributed by atoms with Crippen LogP contribution in [0.25, 0.3) is 0 Å². The predicted molar refractivity (Wildman–Crippen MR) is 58.0 cm³/mol. The van der Waals surface area contributed by atoms with Crippen LogP contribution in [-0.2, 0) is 0 Å². The van der Waals surface area contributed by atoms with E-state index in [1.807, 2.05) is 6.07 Å². The first kappa shape index (κ1) is 13.1. The highest BCUT2D eigenvalue weighted by Gasteiger charge is 2.33. The second-order valence-corrected chi connectivity index (χ2v) is 3.35. The van der Waals surface area contributed by atoms with Crippen LogP contribution in [0.5, 0.6) is 0 Å². The number of alkyl halides is 3. The van der Waals surface area contributed by atoms with Crippen molar-refractivity contribution in [2.24, 2.45) is 0 Å². The number of allylic oxidation sites excluding steroid dienone is 2. The van der Waals surface area contributed by atoms with Gasteiger partial charge < -0.3 is 5.32 Å². The zero-order valence-electron chi connectivity index (χ0n) is 9.12. The normalized spacial score (nSPS) is 13.9. The van der Waals surface area contributed by atoms with Gasteiger partial charge in [-0.05, 0) is 11.6 Å². The van der Waals surface area contributed by atoms with E-state index in [1.54, 1.807) is 30.3 Å². The Morgan fingerprint density at radius 1 is 1.35 bits per heavy atom. The third-order valence-corrected chi connectivity index (χ3v) is 2.21. The van der Waals surface area contributed by atoms with E-state index >= 15 is 0 Å². The van der Waals surface area contributed by atoms with Crippen LogP contribution in [0.2, 0.25) is 0 Å². The van der Waals surface area contributed by atoms with Gasteiger partial charge in [0.25, 0.3) is 0 Å². The Morgan fingerprint density at radius 2 is 1.94 bits per heavy atom. The molecule has 2 nitrogen and oxygen atoms in total. The van der Waals surface area contributed by atoms with Crippen LogP contribution in [0.4, 0.5) is 13.2 Å². The molecule has 0 aliphatic carbocycles. The molecule has 0 radical (unpaired) electrons. The average molecular weight is 240 g/mol. The molecule has 17 heavy (non-hydrogen) atoms. The van der Waals surface area contributed by atoms with Crippen molar-refractivity contribution < 1.29 is 13.2 Å². The lowest BCUT2D eigenvalue weighted by Crippen LogP contribution is -2.23. The summed E-state index contributed by atoms with van der Waals surface area (Å²) in [6.45, 7) is 0. The molecule has 90 valence electrons. The molecule has 0 fully saturated rings. The van der Waals surface area contributed by atoms with Gasteiger partial charge in [-0.2, -0.15) is 18.4 Å². The van der Waals surface area contributed by atoms with E-state index in [1.165, 1.54) is 7.05 Å². The minimum absolute atomic E-state index is 0.534. The smallest absolute Gasteiger partial charge is 0.384 e. The Labute approximate surface area is 97.4 Å². The third-order valence-electron chi connectivity index (χ3n) is 2.21. The van der Waals surface area contributed by atoms with Crippen LogP contribution in [0.3, 0.4) is 0 Å². The van der Waals surface area contributed by atoms with Gasteiger partial charge in [0.2, 0.25) is 0 Å². The molecule has 0 bridgehead atoms. The summed E-state index contributed by atoms with van der Waals surface area (Å²) in [4.78, 5) is 0. The molecule has 0 saturated carbocycles. The maximum atomic E-state index is 12.5. The van der Waals surface area contributed by atoms with Gasteiger partial charge in [-0.1, -0.05) is 30.3 Å². The van der Waals surface area contributed by atoms with Crippen molar-refractivity contribution in [2.45, 2.75) is 12.1 Å². The van der Waals surface area contributed by atoms with E-state index in [9.17, 15) is 13.2 Å². The largest absolute Gasteiger partial charge is 0.430 e. The highest BCUT2D eigenvalue weighted by molar-refractivity contribution is 5.31. The first-order valence-corrected chi connectivity index (χ1v) is 4.90.